The summed E-state index contributed by atoms with van der Waals surface area (Å²) in [5.41, 5.74) is 7.40. The van der Waals surface area contributed by atoms with Gasteiger partial charge in [0.15, 0.2) is 11.5 Å². The fourth-order valence-corrected chi connectivity index (χ4v) is 2.62. The standard InChI is InChI=1S/C21H17F4N3O3/c1-12-5-10-15(19(26)28-12)20(29)27-11-13-6-8-14(9-7-13)30-16-3-2-4-17(18(16)22)31-21(23,24)25/h2-10H,11H2,1H3,(H2,26,28)(H,27,29). The van der Waals surface area contributed by atoms with Gasteiger partial charge >= 0.3 is 6.36 Å². The van der Waals surface area contributed by atoms with Crippen molar-refractivity contribution in [3.05, 3.63) is 77.2 Å². The lowest BCUT2D eigenvalue weighted by Crippen LogP contribution is -2.24. The first-order valence-corrected chi connectivity index (χ1v) is 8.95. The highest BCUT2D eigenvalue weighted by Gasteiger charge is 2.33. The summed E-state index contributed by atoms with van der Waals surface area (Å²) >= 11 is 0. The minimum absolute atomic E-state index is 0.125. The van der Waals surface area contributed by atoms with Gasteiger partial charge in [0.1, 0.15) is 11.6 Å². The first-order valence-electron chi connectivity index (χ1n) is 8.95. The van der Waals surface area contributed by atoms with Crippen LogP contribution in [0.3, 0.4) is 0 Å². The first-order chi connectivity index (χ1) is 14.6. The lowest BCUT2D eigenvalue weighted by atomic mass is 10.2. The number of halogens is 4. The molecule has 1 amide bonds. The quantitative estimate of drug-likeness (QED) is 0.547. The monoisotopic (exact) mass is 435 g/mol. The topological polar surface area (TPSA) is 86.5 Å². The SMILES string of the molecule is Cc1ccc(C(=O)NCc2ccc(Oc3cccc(OC(F)(F)F)c3F)cc2)c(N)n1. The van der Waals surface area contributed by atoms with Crippen LogP contribution in [-0.2, 0) is 6.54 Å². The summed E-state index contributed by atoms with van der Waals surface area (Å²) in [6.07, 6.45) is -5.02. The zero-order valence-electron chi connectivity index (χ0n) is 16.2. The molecule has 0 aliphatic heterocycles. The van der Waals surface area contributed by atoms with Crippen LogP contribution in [0.1, 0.15) is 21.6 Å². The van der Waals surface area contributed by atoms with E-state index in [0.29, 0.717) is 11.3 Å². The first kappa shape index (κ1) is 21.9. The van der Waals surface area contributed by atoms with E-state index in [-0.39, 0.29) is 23.7 Å². The van der Waals surface area contributed by atoms with E-state index in [1.54, 1.807) is 31.2 Å². The lowest BCUT2D eigenvalue weighted by Gasteiger charge is -2.13. The van der Waals surface area contributed by atoms with Crippen molar-refractivity contribution in [2.45, 2.75) is 19.8 Å². The Morgan fingerprint density at radius 1 is 1.06 bits per heavy atom. The molecule has 10 heteroatoms. The average Bonchev–Trinajstić information content (AvgIpc) is 2.69. The maximum Gasteiger partial charge on any atom is 0.573 e. The molecule has 1 aromatic heterocycles. The van der Waals surface area contributed by atoms with Crippen molar-refractivity contribution < 1.29 is 31.8 Å². The number of anilines is 1. The zero-order chi connectivity index (χ0) is 22.6. The minimum atomic E-state index is -5.02. The number of carbonyl (C=O) groups is 1. The Labute approximate surface area is 174 Å². The molecule has 0 aliphatic carbocycles. The molecule has 3 N–H and O–H groups in total. The summed E-state index contributed by atoms with van der Waals surface area (Å²) in [6.45, 7) is 1.93. The molecule has 0 bridgehead atoms. The van der Waals surface area contributed by atoms with Gasteiger partial charge in [-0.05, 0) is 48.9 Å². The van der Waals surface area contributed by atoms with E-state index in [4.69, 9.17) is 10.5 Å². The molecular formula is C21H17F4N3O3. The van der Waals surface area contributed by atoms with Crippen molar-refractivity contribution >= 4 is 11.7 Å². The molecule has 0 atom stereocenters. The Balaban J connectivity index is 1.63. The Kier molecular flexibility index (Phi) is 6.28. The Morgan fingerprint density at radius 2 is 1.74 bits per heavy atom. The summed E-state index contributed by atoms with van der Waals surface area (Å²) in [5, 5.41) is 2.70. The molecule has 0 saturated carbocycles. The van der Waals surface area contributed by atoms with Crippen LogP contribution >= 0.6 is 0 Å². The fraction of sp³-hybridized carbons (Fsp3) is 0.143. The number of benzene rings is 2. The molecule has 0 unspecified atom stereocenters. The molecule has 3 aromatic rings. The van der Waals surface area contributed by atoms with Crippen molar-refractivity contribution in [1.29, 1.82) is 0 Å². The van der Waals surface area contributed by atoms with Crippen LogP contribution in [0.25, 0.3) is 0 Å². The van der Waals surface area contributed by atoms with Crippen LogP contribution in [0.5, 0.6) is 17.2 Å². The van der Waals surface area contributed by atoms with Gasteiger partial charge in [0, 0.05) is 12.2 Å². The number of nitrogens with two attached hydrogens (primary N) is 1. The number of alkyl halides is 3. The summed E-state index contributed by atoms with van der Waals surface area (Å²) in [4.78, 5) is 16.3. The van der Waals surface area contributed by atoms with Gasteiger partial charge in [0.2, 0.25) is 5.82 Å². The van der Waals surface area contributed by atoms with E-state index in [2.05, 4.69) is 15.0 Å². The maximum atomic E-state index is 14.2. The second-order valence-electron chi connectivity index (χ2n) is 6.43. The van der Waals surface area contributed by atoms with E-state index in [9.17, 15) is 22.4 Å². The van der Waals surface area contributed by atoms with Gasteiger partial charge in [-0.2, -0.15) is 4.39 Å². The smallest absolute Gasteiger partial charge is 0.454 e. The van der Waals surface area contributed by atoms with Gasteiger partial charge in [-0.1, -0.05) is 18.2 Å². The molecular weight excluding hydrogens is 418 g/mol. The van der Waals surface area contributed by atoms with Crippen LogP contribution in [0.15, 0.2) is 54.6 Å². The van der Waals surface area contributed by atoms with Gasteiger partial charge in [-0.25, -0.2) is 4.98 Å². The van der Waals surface area contributed by atoms with E-state index >= 15 is 0 Å². The second-order valence-corrected chi connectivity index (χ2v) is 6.43. The number of hydrogen-bond acceptors (Lipinski definition) is 5. The van der Waals surface area contributed by atoms with Gasteiger partial charge in [0.25, 0.3) is 5.91 Å². The number of hydrogen-bond donors (Lipinski definition) is 2. The van der Waals surface area contributed by atoms with Crippen molar-refractivity contribution in [2.24, 2.45) is 0 Å². The van der Waals surface area contributed by atoms with Crippen molar-refractivity contribution in [1.82, 2.24) is 10.3 Å². The summed E-state index contributed by atoms with van der Waals surface area (Å²) < 4.78 is 60.1. The number of nitrogen functional groups attached to an aromatic ring is 1. The normalized spacial score (nSPS) is 11.1. The predicted molar refractivity (Wildman–Crippen MR) is 104 cm³/mol. The molecule has 0 spiro atoms. The molecule has 0 fully saturated rings. The highest BCUT2D eigenvalue weighted by Crippen LogP contribution is 2.33. The highest BCUT2D eigenvalue weighted by atomic mass is 19.4. The number of nitrogens with one attached hydrogen (secondary N) is 1. The van der Waals surface area contributed by atoms with E-state index < -0.39 is 29.6 Å². The number of aromatic nitrogens is 1. The van der Waals surface area contributed by atoms with Crippen LogP contribution < -0.4 is 20.5 Å². The summed E-state index contributed by atoms with van der Waals surface area (Å²) in [6, 6.07) is 12.6. The van der Waals surface area contributed by atoms with Gasteiger partial charge in [-0.3, -0.25) is 4.79 Å². The second kappa shape index (κ2) is 8.90. The number of pyridine rings is 1. The molecule has 6 nitrogen and oxygen atoms in total. The van der Waals surface area contributed by atoms with E-state index in [1.165, 1.54) is 24.3 Å². The molecule has 0 aliphatic rings. The highest BCUT2D eigenvalue weighted by molar-refractivity contribution is 5.98. The van der Waals surface area contributed by atoms with Gasteiger partial charge in [-0.15, -0.1) is 13.2 Å². The Morgan fingerprint density at radius 3 is 2.39 bits per heavy atom. The third-order valence-electron chi connectivity index (χ3n) is 4.07. The number of rotatable bonds is 6. The van der Waals surface area contributed by atoms with Crippen molar-refractivity contribution in [3.8, 4) is 17.2 Å². The Hall–Kier alpha value is -3.82. The molecule has 0 saturated heterocycles. The molecule has 31 heavy (non-hydrogen) atoms. The van der Waals surface area contributed by atoms with Crippen LogP contribution in [0.4, 0.5) is 23.4 Å². The molecule has 162 valence electrons. The van der Waals surface area contributed by atoms with Crippen LogP contribution in [0.2, 0.25) is 0 Å². The molecule has 3 rings (SSSR count). The minimum Gasteiger partial charge on any atom is -0.454 e. The summed E-state index contributed by atoms with van der Waals surface area (Å²) in [7, 11) is 0. The van der Waals surface area contributed by atoms with Gasteiger partial charge < -0.3 is 20.5 Å². The van der Waals surface area contributed by atoms with E-state index in [0.717, 1.165) is 6.07 Å². The van der Waals surface area contributed by atoms with E-state index in [1.807, 2.05) is 0 Å². The fourth-order valence-electron chi connectivity index (χ4n) is 2.62. The third kappa shape index (κ3) is 5.84. The lowest BCUT2D eigenvalue weighted by molar-refractivity contribution is -0.275. The number of carbonyl (C=O) groups excluding carboxylic acids is 1. The molecule has 0 radical (unpaired) electrons. The average molecular weight is 435 g/mol. The van der Waals surface area contributed by atoms with Crippen molar-refractivity contribution in [2.75, 3.05) is 5.73 Å². The molecule has 2 aromatic carbocycles. The number of nitrogens with zero attached hydrogens (tertiary/aromatic N) is 1. The third-order valence-corrected chi connectivity index (χ3v) is 4.07. The van der Waals surface area contributed by atoms with Crippen molar-refractivity contribution in [3.63, 3.8) is 0 Å². The van der Waals surface area contributed by atoms with Crippen LogP contribution in [0, 0.1) is 12.7 Å². The summed E-state index contributed by atoms with van der Waals surface area (Å²) in [5.74, 6) is -2.78. The zero-order valence-corrected chi connectivity index (χ0v) is 16.2. The molecule has 1 heterocycles. The number of ether oxygens (including phenoxy) is 2. The van der Waals surface area contributed by atoms with Crippen LogP contribution in [-0.4, -0.2) is 17.3 Å². The van der Waals surface area contributed by atoms with Gasteiger partial charge in [0.05, 0.1) is 5.56 Å². The largest absolute Gasteiger partial charge is 0.573 e. The predicted octanol–water partition coefficient (Wildman–Crippen LogP) is 4.73. The maximum absolute atomic E-state index is 14.2. The number of aryl methyl sites for hydroxylation is 1. The number of amides is 1. The Bertz CT molecular complexity index is 1090.